The lowest BCUT2D eigenvalue weighted by atomic mass is 9.81. The van der Waals surface area contributed by atoms with Crippen molar-refractivity contribution in [1.82, 2.24) is 65.0 Å². The van der Waals surface area contributed by atoms with Gasteiger partial charge in [-0.1, -0.05) is 122 Å². The van der Waals surface area contributed by atoms with Crippen molar-refractivity contribution in [1.29, 1.82) is 0 Å². The Labute approximate surface area is 633 Å². The summed E-state index contributed by atoms with van der Waals surface area (Å²) < 4.78 is 42.0. The molecule has 9 atom stereocenters. The van der Waals surface area contributed by atoms with Crippen molar-refractivity contribution in [2.45, 2.75) is 248 Å². The molecule has 0 radical (unpaired) electrons. The van der Waals surface area contributed by atoms with Crippen LogP contribution in [-0.4, -0.2) is 256 Å². The molecule has 3 saturated heterocycles. The molecule has 8 rings (SSSR count). The van der Waals surface area contributed by atoms with E-state index in [1.54, 1.807) is 24.0 Å². The first-order valence-electron chi connectivity index (χ1n) is 38.8. The Morgan fingerprint density at radius 3 is 1.85 bits per heavy atom. The van der Waals surface area contributed by atoms with Crippen LogP contribution in [0.25, 0.3) is 0 Å². The van der Waals surface area contributed by atoms with Gasteiger partial charge in [-0.15, -0.1) is 0 Å². The first-order chi connectivity index (χ1) is 50.7. The number of hydrogen-bond donors (Lipinski definition) is 3. The number of carbonyl (C=O) groups excluding carboxylic acids is 12. The van der Waals surface area contributed by atoms with Crippen LogP contribution in [0.5, 0.6) is 0 Å². The highest BCUT2D eigenvalue weighted by atomic mass is 35.5. The molecule has 29 heteroatoms. The van der Waals surface area contributed by atoms with Crippen molar-refractivity contribution < 1.29 is 70.7 Å². The van der Waals surface area contributed by atoms with Crippen LogP contribution in [0.1, 0.15) is 192 Å². The third-order valence-corrected chi connectivity index (χ3v) is 23.9. The Morgan fingerprint density at radius 1 is 0.636 bits per heavy atom. The van der Waals surface area contributed by atoms with Crippen LogP contribution in [0, 0.1) is 23.7 Å². The molecular formula is C78H115ClF3N13O12. The molecule has 592 valence electrons. The molecule has 3 saturated carbocycles. The molecule has 12 amide bonds. The predicted molar refractivity (Wildman–Crippen MR) is 396 cm³/mol. The number of piperidine rings is 1. The van der Waals surface area contributed by atoms with E-state index in [9.17, 15) is 32.3 Å². The maximum atomic E-state index is 16.0. The Balaban J connectivity index is 1.22. The molecule has 6 fully saturated rings. The number of halogens is 4. The molecule has 1 spiro atoms. The third kappa shape index (κ3) is 21.1. The molecule has 3 aliphatic heterocycles. The molecule has 0 bridgehead atoms. The Kier molecular flexibility index (Phi) is 30.0. The summed E-state index contributed by atoms with van der Waals surface area (Å²) in [7, 11) is 10.1. The van der Waals surface area contributed by atoms with E-state index in [1.807, 2.05) is 20.8 Å². The SMILES string of the molecule is CC[C@H](C)[C@@H]1NC(=O)[C@H](CC(C)C)N(C)C(=O)C[C@@H](C(=O)N2CCCCC2)N(C)C(=O)[C@H](C2CCCCC2)N(C)C(=O)C2(CCCC2)NC(=O)[C@H](Cc2cccnc2)N(C)C(=O)[C@H](CCc2ccc(C(F)(F)F)c(Cl)c2)NC(=O)CN(C)C(=O)[C@H](CC2CCCCC2)N(C)C(=O)C2CCN2C(=O)CN(C)C1=O. The van der Waals surface area contributed by atoms with Gasteiger partial charge >= 0.3 is 6.18 Å². The molecule has 4 heterocycles. The van der Waals surface area contributed by atoms with Gasteiger partial charge in [0.15, 0.2) is 0 Å². The van der Waals surface area contributed by atoms with Crippen LogP contribution in [0.4, 0.5) is 13.2 Å². The molecule has 3 N–H and O–H groups in total. The normalized spacial score (nSPS) is 26.5. The van der Waals surface area contributed by atoms with E-state index < -0.39 is 173 Å². The van der Waals surface area contributed by atoms with Gasteiger partial charge in [0.1, 0.15) is 53.9 Å². The zero-order chi connectivity index (χ0) is 78.4. The smallest absolute Gasteiger partial charge is 0.343 e. The van der Waals surface area contributed by atoms with Crippen LogP contribution in [0.2, 0.25) is 5.02 Å². The van der Waals surface area contributed by atoms with Crippen molar-refractivity contribution in [3.63, 3.8) is 0 Å². The minimum Gasteiger partial charge on any atom is -0.343 e. The molecule has 3 aliphatic carbocycles. The average Bonchev–Trinajstić information content (AvgIpc) is 1.74. The number of aromatic nitrogens is 1. The van der Waals surface area contributed by atoms with Crippen LogP contribution in [-0.2, 0) is 76.6 Å². The Bertz CT molecular complexity index is 3490. The quantitative estimate of drug-likeness (QED) is 0.182. The monoisotopic (exact) mass is 1520 g/mol. The Morgan fingerprint density at radius 2 is 1.26 bits per heavy atom. The van der Waals surface area contributed by atoms with Crippen molar-refractivity contribution in [2.75, 3.05) is 82.1 Å². The minimum atomic E-state index is -4.78. The van der Waals surface area contributed by atoms with Crippen LogP contribution in [0.15, 0.2) is 42.7 Å². The average molecular weight is 1520 g/mol. The van der Waals surface area contributed by atoms with Gasteiger partial charge < -0.3 is 60.0 Å². The minimum absolute atomic E-state index is 0.00736. The summed E-state index contributed by atoms with van der Waals surface area (Å²) in [5, 5.41) is 8.22. The number of nitrogens with zero attached hydrogens (tertiary/aromatic N) is 10. The van der Waals surface area contributed by atoms with E-state index in [1.165, 1.54) is 97.2 Å². The summed E-state index contributed by atoms with van der Waals surface area (Å²) in [4.78, 5) is 199. The van der Waals surface area contributed by atoms with E-state index in [2.05, 4.69) is 20.9 Å². The van der Waals surface area contributed by atoms with E-state index >= 15 is 38.4 Å². The molecule has 2 aromatic rings. The fraction of sp³-hybridized carbons (Fsp3) is 0.705. The number of alkyl halides is 3. The van der Waals surface area contributed by atoms with E-state index in [0.717, 1.165) is 79.7 Å². The second-order valence-electron chi connectivity index (χ2n) is 31.6. The molecule has 107 heavy (non-hydrogen) atoms. The van der Waals surface area contributed by atoms with Crippen LogP contribution in [0.3, 0.4) is 0 Å². The predicted octanol–water partition coefficient (Wildman–Crippen LogP) is 7.04. The summed E-state index contributed by atoms with van der Waals surface area (Å²) in [6.07, 6.45) is 9.19. The second kappa shape index (κ2) is 38.0. The van der Waals surface area contributed by atoms with Gasteiger partial charge in [-0.2, -0.15) is 13.2 Å². The van der Waals surface area contributed by atoms with E-state index in [0.29, 0.717) is 63.6 Å². The van der Waals surface area contributed by atoms with Crippen LogP contribution >= 0.6 is 11.6 Å². The van der Waals surface area contributed by atoms with Gasteiger partial charge in [-0.25, -0.2) is 0 Å². The number of likely N-dealkylation sites (tertiary alicyclic amines) is 1. The van der Waals surface area contributed by atoms with Crippen molar-refractivity contribution in [3.05, 3.63) is 64.4 Å². The van der Waals surface area contributed by atoms with Crippen molar-refractivity contribution in [3.8, 4) is 0 Å². The molecule has 25 nitrogen and oxygen atoms in total. The number of aryl methyl sites for hydroxylation is 1. The summed E-state index contributed by atoms with van der Waals surface area (Å²) in [6.45, 7) is 7.10. The van der Waals surface area contributed by atoms with Gasteiger partial charge in [0.25, 0.3) is 0 Å². The third-order valence-electron chi connectivity index (χ3n) is 23.6. The second-order valence-corrected chi connectivity index (χ2v) is 32.0. The summed E-state index contributed by atoms with van der Waals surface area (Å²) >= 11 is 6.22. The zero-order valence-electron chi connectivity index (χ0n) is 64.6. The standard InChI is InChI=1S/C78H115ClF3N13O12/c1-12-50(4)66-74(105)88(6)48-65(98)95-40-34-58(95)72(103)91(9)61(43-51-25-16-13-17-26-51)71(102)87(5)47-63(96)84-57(33-31-52-30-32-55(56(79)42-52)78(80,81)82)70(101)90(8)60(44-53-27-24-37-83-46-53)69(100)86-77(35-20-21-36-77)76(107)93(11)67(54-28-18-14-19-29-54)75(106)92(10)62(73(104)94-38-22-15-23-39-94)45-64(97)89(7)59(41-49(2)3)68(99)85-66/h24,27,30,32,37,42,46,49-51,54,57-62,66-67H,12-23,25-26,28-29,31,33-36,38-41,43-45,47-48H2,1-11H3,(H,84,96)(H,85,99)(H,86,100)/t50-,57-,58?,59-,60-,61-,62-,66-,67-/m0/s1. The van der Waals surface area contributed by atoms with Crippen molar-refractivity contribution >= 4 is 82.5 Å². The first kappa shape index (κ1) is 84.7. The highest BCUT2D eigenvalue weighted by Gasteiger charge is 2.52. The number of rotatable bonds is 13. The maximum Gasteiger partial charge on any atom is 0.417 e. The van der Waals surface area contributed by atoms with E-state index in [-0.39, 0.29) is 75.3 Å². The van der Waals surface area contributed by atoms with Gasteiger partial charge in [-0.3, -0.25) is 62.5 Å². The van der Waals surface area contributed by atoms with Gasteiger partial charge in [0, 0.05) is 87.8 Å². The highest BCUT2D eigenvalue weighted by molar-refractivity contribution is 6.31. The largest absolute Gasteiger partial charge is 0.417 e. The van der Waals surface area contributed by atoms with E-state index in [4.69, 9.17) is 11.6 Å². The maximum absolute atomic E-state index is 16.0. The summed E-state index contributed by atoms with van der Waals surface area (Å²) in [5.41, 5.74) is -1.98. The lowest BCUT2D eigenvalue weighted by Gasteiger charge is -2.44. The lowest BCUT2D eigenvalue weighted by molar-refractivity contribution is -0.158. The Hall–Kier alpha value is -7.91. The number of fused-ring (bicyclic) bond motifs is 1. The number of carbonyl (C=O) groups is 12. The van der Waals surface area contributed by atoms with Crippen molar-refractivity contribution in [2.24, 2.45) is 23.7 Å². The topological polar surface area (TPSA) is 283 Å². The summed E-state index contributed by atoms with van der Waals surface area (Å²) in [5.74, 6) is -8.93. The highest BCUT2D eigenvalue weighted by Crippen LogP contribution is 2.39. The number of pyridine rings is 1. The molecule has 1 unspecified atom stereocenters. The zero-order valence-corrected chi connectivity index (χ0v) is 65.3. The number of amides is 12. The first-order valence-corrected chi connectivity index (χ1v) is 39.1. The van der Waals surface area contributed by atoms with Gasteiger partial charge in [-0.05, 0) is 130 Å². The molecule has 6 aliphatic rings. The number of likely N-dealkylation sites (N-methyl/N-ethyl adjacent to an activating group) is 7. The fourth-order valence-electron chi connectivity index (χ4n) is 16.6. The summed E-state index contributed by atoms with van der Waals surface area (Å²) in [6, 6.07) is -3.70. The number of benzene rings is 1. The number of nitrogens with one attached hydrogen (secondary N) is 3. The van der Waals surface area contributed by atoms with Gasteiger partial charge in [0.2, 0.25) is 70.9 Å². The molecule has 1 aromatic carbocycles. The molecular weight excluding hydrogens is 1400 g/mol. The molecule has 1 aromatic heterocycles. The lowest BCUT2D eigenvalue weighted by Crippen LogP contribution is -2.66. The van der Waals surface area contributed by atoms with Crippen LogP contribution < -0.4 is 16.0 Å². The number of hydrogen-bond acceptors (Lipinski definition) is 13. The fourth-order valence-corrected chi connectivity index (χ4v) is 16.9. The van der Waals surface area contributed by atoms with Gasteiger partial charge in [0.05, 0.1) is 30.1 Å².